The minimum atomic E-state index is -0.165. The fourth-order valence-corrected chi connectivity index (χ4v) is 2.04. The molecule has 0 saturated heterocycles. The van der Waals surface area contributed by atoms with Crippen molar-refractivity contribution in [2.45, 2.75) is 33.7 Å². The number of aromatic nitrogens is 4. The molecule has 0 saturated carbocycles. The predicted molar refractivity (Wildman–Crippen MR) is 81.7 cm³/mol. The maximum atomic E-state index is 5.97. The van der Waals surface area contributed by atoms with Gasteiger partial charge in [-0.25, -0.2) is 4.98 Å². The van der Waals surface area contributed by atoms with Crippen molar-refractivity contribution < 1.29 is 4.42 Å². The molecule has 7 nitrogen and oxygen atoms in total. The van der Waals surface area contributed by atoms with Crippen LogP contribution in [0.1, 0.15) is 38.5 Å². The second-order valence-electron chi connectivity index (χ2n) is 4.58. The van der Waals surface area contributed by atoms with E-state index in [4.69, 9.17) is 16.0 Å². The van der Waals surface area contributed by atoms with Gasteiger partial charge in [-0.05, 0) is 39.3 Å². The molecule has 0 aliphatic heterocycles. The van der Waals surface area contributed by atoms with Crippen molar-refractivity contribution >= 4 is 23.5 Å². The number of aryl methyl sites for hydroxylation is 1. The summed E-state index contributed by atoms with van der Waals surface area (Å²) in [6, 6.07) is -0.165. The summed E-state index contributed by atoms with van der Waals surface area (Å²) in [6.45, 7) is 9.43. The molecular weight excluding hydrogens is 292 g/mol. The first-order valence-electron chi connectivity index (χ1n) is 6.88. The van der Waals surface area contributed by atoms with Crippen molar-refractivity contribution in [3.8, 4) is 0 Å². The summed E-state index contributed by atoms with van der Waals surface area (Å²) in [5.41, 5.74) is 0. The van der Waals surface area contributed by atoms with Gasteiger partial charge in [0.2, 0.25) is 23.1 Å². The van der Waals surface area contributed by atoms with Crippen molar-refractivity contribution in [3.63, 3.8) is 0 Å². The molecule has 8 heteroatoms. The highest BCUT2D eigenvalue weighted by atomic mass is 35.5. The minimum Gasteiger partial charge on any atom is -0.444 e. The molecule has 1 N–H and O–H groups in total. The second-order valence-corrected chi connectivity index (χ2v) is 4.91. The van der Waals surface area contributed by atoms with Crippen LogP contribution < -0.4 is 10.2 Å². The van der Waals surface area contributed by atoms with Crippen LogP contribution in [0.5, 0.6) is 0 Å². The Morgan fingerprint density at radius 1 is 1.29 bits per heavy atom. The van der Waals surface area contributed by atoms with Gasteiger partial charge in [-0.3, -0.25) is 0 Å². The van der Waals surface area contributed by atoms with Gasteiger partial charge in [-0.1, -0.05) is 0 Å². The normalized spacial score (nSPS) is 12.2. The zero-order valence-electron chi connectivity index (χ0n) is 12.6. The van der Waals surface area contributed by atoms with E-state index >= 15 is 0 Å². The molecule has 2 heterocycles. The van der Waals surface area contributed by atoms with Crippen LogP contribution in [0.2, 0.25) is 5.28 Å². The van der Waals surface area contributed by atoms with Gasteiger partial charge in [0.1, 0.15) is 11.8 Å². The smallest absolute Gasteiger partial charge is 0.231 e. The molecule has 0 aliphatic carbocycles. The Balaban J connectivity index is 2.19. The molecule has 1 unspecified atom stereocenters. The topological polar surface area (TPSA) is 80.0 Å². The first-order valence-corrected chi connectivity index (χ1v) is 7.26. The Kier molecular flexibility index (Phi) is 4.95. The molecule has 0 aromatic carbocycles. The summed E-state index contributed by atoms with van der Waals surface area (Å²) < 4.78 is 5.48. The molecule has 21 heavy (non-hydrogen) atoms. The van der Waals surface area contributed by atoms with Gasteiger partial charge >= 0.3 is 0 Å². The molecule has 2 rings (SSSR count). The van der Waals surface area contributed by atoms with Crippen molar-refractivity contribution in [2.24, 2.45) is 0 Å². The highest BCUT2D eigenvalue weighted by Gasteiger charge is 2.15. The molecule has 1 atom stereocenters. The van der Waals surface area contributed by atoms with Crippen LogP contribution in [0.15, 0.2) is 10.6 Å². The summed E-state index contributed by atoms with van der Waals surface area (Å²) in [5, 5.41) is 3.28. The highest BCUT2D eigenvalue weighted by molar-refractivity contribution is 6.28. The maximum absolute atomic E-state index is 5.97. The average Bonchev–Trinajstić information content (AvgIpc) is 2.86. The van der Waals surface area contributed by atoms with E-state index in [1.165, 1.54) is 0 Å². The van der Waals surface area contributed by atoms with Crippen LogP contribution in [-0.4, -0.2) is 33.0 Å². The lowest BCUT2D eigenvalue weighted by Gasteiger charge is -2.19. The zero-order chi connectivity index (χ0) is 15.4. The molecule has 2 aromatic rings. The van der Waals surface area contributed by atoms with Gasteiger partial charge in [0.15, 0.2) is 0 Å². The predicted octanol–water partition coefficient (Wildman–Crippen LogP) is 2.84. The van der Waals surface area contributed by atoms with Crippen molar-refractivity contribution in [1.29, 1.82) is 0 Å². The van der Waals surface area contributed by atoms with Gasteiger partial charge in [0, 0.05) is 13.1 Å². The summed E-state index contributed by atoms with van der Waals surface area (Å²) in [7, 11) is 0. The van der Waals surface area contributed by atoms with Crippen molar-refractivity contribution in [3.05, 3.63) is 23.1 Å². The number of hydrogen-bond donors (Lipinski definition) is 1. The van der Waals surface area contributed by atoms with E-state index in [0.29, 0.717) is 17.8 Å². The number of oxazole rings is 1. The zero-order valence-corrected chi connectivity index (χ0v) is 13.3. The first kappa shape index (κ1) is 15.5. The third-order valence-corrected chi connectivity index (χ3v) is 3.17. The number of halogens is 1. The lowest BCUT2D eigenvalue weighted by molar-refractivity contribution is 0.453. The number of anilines is 2. The van der Waals surface area contributed by atoms with Crippen LogP contribution >= 0.6 is 11.6 Å². The maximum Gasteiger partial charge on any atom is 0.231 e. The molecule has 0 radical (unpaired) electrons. The Bertz CT molecular complexity index is 598. The molecular formula is C13H19ClN6O. The molecule has 0 amide bonds. The van der Waals surface area contributed by atoms with E-state index in [2.05, 4.69) is 25.3 Å². The fraction of sp³-hybridized carbons (Fsp3) is 0.538. The van der Waals surface area contributed by atoms with Crippen molar-refractivity contribution in [1.82, 2.24) is 19.9 Å². The van der Waals surface area contributed by atoms with Crippen LogP contribution in [0.4, 0.5) is 11.9 Å². The SMILES string of the molecule is CCN(CC)c1nc(Cl)nc(NC(C)c2ncc(C)o2)n1. The fourth-order valence-electron chi connectivity index (χ4n) is 1.88. The number of hydrogen-bond acceptors (Lipinski definition) is 7. The molecule has 0 fully saturated rings. The van der Waals surface area contributed by atoms with Gasteiger partial charge in [0.25, 0.3) is 0 Å². The molecule has 114 valence electrons. The Hall–Kier alpha value is -1.89. The summed E-state index contributed by atoms with van der Waals surface area (Å²) in [5.74, 6) is 2.29. The van der Waals surface area contributed by atoms with E-state index in [-0.39, 0.29) is 11.3 Å². The van der Waals surface area contributed by atoms with Crippen LogP contribution in [-0.2, 0) is 0 Å². The summed E-state index contributed by atoms with van der Waals surface area (Å²) >= 11 is 5.97. The Morgan fingerprint density at radius 3 is 2.57 bits per heavy atom. The Labute approximate surface area is 128 Å². The van der Waals surface area contributed by atoms with E-state index in [1.54, 1.807) is 6.20 Å². The van der Waals surface area contributed by atoms with Gasteiger partial charge in [-0.2, -0.15) is 15.0 Å². The molecule has 0 aliphatic rings. The first-order chi connectivity index (χ1) is 10.0. The molecule has 0 spiro atoms. The largest absolute Gasteiger partial charge is 0.444 e. The standard InChI is InChI=1S/C13H19ClN6O/c1-5-20(6-2)13-18-11(14)17-12(19-13)16-9(4)10-15-7-8(3)21-10/h7,9H,5-6H2,1-4H3,(H,16,17,18,19). The summed E-state index contributed by atoms with van der Waals surface area (Å²) in [6.07, 6.45) is 1.68. The molecule has 2 aromatic heterocycles. The quantitative estimate of drug-likeness (QED) is 0.878. The second kappa shape index (κ2) is 6.71. The third-order valence-electron chi connectivity index (χ3n) is 3.00. The van der Waals surface area contributed by atoms with Crippen LogP contribution in [0, 0.1) is 6.92 Å². The van der Waals surface area contributed by atoms with Crippen LogP contribution in [0.3, 0.4) is 0 Å². The van der Waals surface area contributed by atoms with E-state index in [0.717, 1.165) is 18.8 Å². The van der Waals surface area contributed by atoms with Crippen molar-refractivity contribution in [2.75, 3.05) is 23.3 Å². The van der Waals surface area contributed by atoms with Gasteiger partial charge in [-0.15, -0.1) is 0 Å². The van der Waals surface area contributed by atoms with Gasteiger partial charge in [0.05, 0.1) is 6.20 Å². The van der Waals surface area contributed by atoms with E-state index in [1.807, 2.05) is 32.6 Å². The van der Waals surface area contributed by atoms with Gasteiger partial charge < -0.3 is 14.6 Å². The van der Waals surface area contributed by atoms with E-state index < -0.39 is 0 Å². The van der Waals surface area contributed by atoms with Crippen LogP contribution in [0.25, 0.3) is 0 Å². The lowest BCUT2D eigenvalue weighted by Crippen LogP contribution is -2.25. The Morgan fingerprint density at radius 2 is 2.00 bits per heavy atom. The number of rotatable bonds is 6. The summed E-state index contributed by atoms with van der Waals surface area (Å²) in [4.78, 5) is 18.8. The molecule has 0 bridgehead atoms. The monoisotopic (exact) mass is 310 g/mol. The lowest BCUT2D eigenvalue weighted by atomic mass is 10.3. The number of nitrogens with one attached hydrogen (secondary N) is 1. The van der Waals surface area contributed by atoms with E-state index in [9.17, 15) is 0 Å². The third kappa shape index (κ3) is 3.81. The highest BCUT2D eigenvalue weighted by Crippen LogP contribution is 2.19. The average molecular weight is 311 g/mol. The minimum absolute atomic E-state index is 0.158. The number of nitrogens with zero attached hydrogens (tertiary/aromatic N) is 5.